The van der Waals surface area contributed by atoms with Gasteiger partial charge in [-0.1, -0.05) is 12.1 Å². The predicted octanol–water partition coefficient (Wildman–Crippen LogP) is 2.37. The maximum atomic E-state index is 3.52. The summed E-state index contributed by atoms with van der Waals surface area (Å²) in [7, 11) is 0. The van der Waals surface area contributed by atoms with Crippen molar-refractivity contribution >= 4 is 10.9 Å². The fourth-order valence-corrected chi connectivity index (χ4v) is 2.37. The van der Waals surface area contributed by atoms with Crippen LogP contribution in [0.5, 0.6) is 0 Å². The van der Waals surface area contributed by atoms with Gasteiger partial charge in [-0.2, -0.15) is 0 Å². The lowest BCUT2D eigenvalue weighted by Crippen LogP contribution is -2.18. The minimum atomic E-state index is 0.465. The molecule has 2 nitrogen and oxygen atoms in total. The average Bonchev–Trinajstić information content (AvgIpc) is 2.54. The Balaban J connectivity index is 2.38. The number of nitrogens with one attached hydrogen (secondary N) is 2. The van der Waals surface area contributed by atoms with Gasteiger partial charge in [-0.05, 0) is 37.1 Å². The van der Waals surface area contributed by atoms with E-state index in [-0.39, 0.29) is 0 Å². The Morgan fingerprint density at radius 3 is 3.21 bits per heavy atom. The van der Waals surface area contributed by atoms with Crippen LogP contribution in [0.2, 0.25) is 0 Å². The zero-order valence-electron chi connectivity index (χ0n) is 8.30. The van der Waals surface area contributed by atoms with Gasteiger partial charge in [-0.15, -0.1) is 0 Å². The molecule has 0 bridgehead atoms. The first-order chi connectivity index (χ1) is 6.86. The number of rotatable bonds is 0. The maximum absolute atomic E-state index is 3.52. The van der Waals surface area contributed by atoms with Gasteiger partial charge in [0.15, 0.2) is 0 Å². The third-order valence-electron chi connectivity index (χ3n) is 3.13. The van der Waals surface area contributed by atoms with Crippen molar-refractivity contribution in [1.29, 1.82) is 0 Å². The molecule has 0 amide bonds. The van der Waals surface area contributed by atoms with Crippen molar-refractivity contribution in [2.45, 2.75) is 19.4 Å². The molecule has 0 aliphatic carbocycles. The Morgan fingerprint density at radius 1 is 1.36 bits per heavy atom. The monoisotopic (exact) mass is 186 g/mol. The van der Waals surface area contributed by atoms with E-state index in [1.54, 1.807) is 0 Å². The Labute approximate surface area is 83.3 Å². The molecule has 3 rings (SSSR count). The highest BCUT2D eigenvalue weighted by Crippen LogP contribution is 2.29. The summed E-state index contributed by atoms with van der Waals surface area (Å²) < 4.78 is 0. The summed E-state index contributed by atoms with van der Waals surface area (Å²) in [4.78, 5) is 3.34. The molecule has 0 spiro atoms. The van der Waals surface area contributed by atoms with Crippen molar-refractivity contribution in [1.82, 2.24) is 10.3 Å². The van der Waals surface area contributed by atoms with E-state index in [0.717, 1.165) is 13.0 Å². The number of hydrogen-bond donors (Lipinski definition) is 2. The van der Waals surface area contributed by atoms with Crippen LogP contribution in [0.3, 0.4) is 0 Å². The minimum Gasteiger partial charge on any atom is -0.361 e. The standard InChI is InChI=1S/C12H14N2/c1-8-10-7-14-11-4-2-3-9(12(10)11)5-6-13-8/h2-4,7-8,13-14H,5-6H2,1H3. The highest BCUT2D eigenvalue weighted by Gasteiger charge is 2.16. The van der Waals surface area contributed by atoms with Crippen molar-refractivity contribution in [3.05, 3.63) is 35.5 Å². The Morgan fingerprint density at radius 2 is 2.29 bits per heavy atom. The lowest BCUT2D eigenvalue weighted by Gasteiger charge is -2.08. The van der Waals surface area contributed by atoms with Crippen LogP contribution in [0, 0.1) is 0 Å². The third-order valence-corrected chi connectivity index (χ3v) is 3.13. The first kappa shape index (κ1) is 8.06. The zero-order chi connectivity index (χ0) is 9.54. The lowest BCUT2D eigenvalue weighted by molar-refractivity contribution is 0.589. The highest BCUT2D eigenvalue weighted by molar-refractivity contribution is 5.87. The summed E-state index contributed by atoms with van der Waals surface area (Å²) in [6.07, 6.45) is 3.27. The topological polar surface area (TPSA) is 27.8 Å². The molecule has 72 valence electrons. The van der Waals surface area contributed by atoms with Crippen LogP contribution in [-0.2, 0) is 6.42 Å². The number of aromatic amines is 1. The molecule has 2 aromatic rings. The molecule has 2 heterocycles. The normalized spacial score (nSPS) is 21.1. The molecule has 1 aliphatic rings. The summed E-state index contributed by atoms with van der Waals surface area (Å²) in [6.45, 7) is 3.31. The molecule has 1 unspecified atom stereocenters. The summed E-state index contributed by atoms with van der Waals surface area (Å²) in [5.41, 5.74) is 4.15. The number of aromatic nitrogens is 1. The summed E-state index contributed by atoms with van der Waals surface area (Å²) >= 11 is 0. The second-order valence-electron chi connectivity index (χ2n) is 4.01. The fraction of sp³-hybridized carbons (Fsp3) is 0.333. The Kier molecular flexibility index (Phi) is 1.64. The SMILES string of the molecule is CC1NCCc2cccc3[nH]cc1c23. The number of benzene rings is 1. The van der Waals surface area contributed by atoms with Crippen LogP contribution in [-0.4, -0.2) is 11.5 Å². The van der Waals surface area contributed by atoms with Crippen molar-refractivity contribution in [2.75, 3.05) is 6.54 Å². The molecule has 2 heteroatoms. The van der Waals surface area contributed by atoms with E-state index in [4.69, 9.17) is 0 Å². The first-order valence-electron chi connectivity index (χ1n) is 5.18. The molecule has 0 saturated heterocycles. The van der Waals surface area contributed by atoms with Crippen LogP contribution in [0.25, 0.3) is 10.9 Å². The van der Waals surface area contributed by atoms with Gasteiger partial charge in [-0.25, -0.2) is 0 Å². The molecular formula is C12H14N2. The minimum absolute atomic E-state index is 0.465. The van der Waals surface area contributed by atoms with E-state index in [1.807, 2.05) is 0 Å². The van der Waals surface area contributed by atoms with Crippen molar-refractivity contribution in [3.8, 4) is 0 Å². The van der Waals surface area contributed by atoms with Gasteiger partial charge < -0.3 is 10.3 Å². The number of H-pyrrole nitrogens is 1. The van der Waals surface area contributed by atoms with Gasteiger partial charge in [0.25, 0.3) is 0 Å². The largest absolute Gasteiger partial charge is 0.361 e. The van der Waals surface area contributed by atoms with E-state index in [1.165, 1.54) is 22.0 Å². The van der Waals surface area contributed by atoms with E-state index in [0.29, 0.717) is 6.04 Å². The van der Waals surface area contributed by atoms with Crippen LogP contribution in [0.4, 0.5) is 0 Å². The maximum Gasteiger partial charge on any atom is 0.0460 e. The van der Waals surface area contributed by atoms with E-state index in [2.05, 4.69) is 41.6 Å². The molecule has 14 heavy (non-hydrogen) atoms. The Bertz CT molecular complexity index is 470. The predicted molar refractivity (Wildman–Crippen MR) is 58.4 cm³/mol. The van der Waals surface area contributed by atoms with Gasteiger partial charge in [-0.3, -0.25) is 0 Å². The molecule has 1 atom stereocenters. The van der Waals surface area contributed by atoms with E-state index in [9.17, 15) is 0 Å². The van der Waals surface area contributed by atoms with E-state index < -0.39 is 0 Å². The molecule has 0 radical (unpaired) electrons. The van der Waals surface area contributed by atoms with Gasteiger partial charge in [0, 0.05) is 23.1 Å². The van der Waals surface area contributed by atoms with Gasteiger partial charge in [0.1, 0.15) is 0 Å². The second-order valence-corrected chi connectivity index (χ2v) is 4.01. The van der Waals surface area contributed by atoms with Crippen LogP contribution in [0.1, 0.15) is 24.1 Å². The van der Waals surface area contributed by atoms with Crippen LogP contribution in [0.15, 0.2) is 24.4 Å². The molecule has 0 fully saturated rings. The average molecular weight is 186 g/mol. The lowest BCUT2D eigenvalue weighted by atomic mass is 10.0. The molecule has 1 aliphatic heterocycles. The van der Waals surface area contributed by atoms with Crippen LogP contribution < -0.4 is 5.32 Å². The van der Waals surface area contributed by atoms with Crippen molar-refractivity contribution in [3.63, 3.8) is 0 Å². The summed E-state index contributed by atoms with van der Waals surface area (Å²) in [6, 6.07) is 6.99. The van der Waals surface area contributed by atoms with Crippen molar-refractivity contribution < 1.29 is 0 Å². The van der Waals surface area contributed by atoms with E-state index >= 15 is 0 Å². The summed E-state index contributed by atoms with van der Waals surface area (Å²) in [5, 5.41) is 4.95. The molecule has 1 aromatic heterocycles. The quantitative estimate of drug-likeness (QED) is 0.649. The van der Waals surface area contributed by atoms with Gasteiger partial charge >= 0.3 is 0 Å². The second kappa shape index (κ2) is 2.85. The molecule has 2 N–H and O–H groups in total. The molecule has 1 aromatic carbocycles. The Hall–Kier alpha value is -1.28. The van der Waals surface area contributed by atoms with Crippen molar-refractivity contribution in [2.24, 2.45) is 0 Å². The summed E-state index contributed by atoms with van der Waals surface area (Å²) in [5.74, 6) is 0. The first-order valence-corrected chi connectivity index (χ1v) is 5.18. The number of hydrogen-bond acceptors (Lipinski definition) is 1. The molecular weight excluding hydrogens is 172 g/mol. The van der Waals surface area contributed by atoms with Crippen LogP contribution >= 0.6 is 0 Å². The third kappa shape index (κ3) is 1.01. The molecule has 0 saturated carbocycles. The highest BCUT2D eigenvalue weighted by atomic mass is 14.9. The zero-order valence-corrected chi connectivity index (χ0v) is 8.30. The van der Waals surface area contributed by atoms with Gasteiger partial charge in [0.05, 0.1) is 0 Å². The van der Waals surface area contributed by atoms with Gasteiger partial charge in [0.2, 0.25) is 0 Å². The fourth-order valence-electron chi connectivity index (χ4n) is 2.37. The smallest absolute Gasteiger partial charge is 0.0460 e.